The van der Waals surface area contributed by atoms with Gasteiger partial charge in [0.15, 0.2) is 0 Å². The molecule has 0 aliphatic heterocycles. The summed E-state index contributed by atoms with van der Waals surface area (Å²) in [6.07, 6.45) is -3.96. The Balaban J connectivity index is 2.72. The third kappa shape index (κ3) is 2.78. The van der Waals surface area contributed by atoms with E-state index in [0.717, 1.165) is 6.20 Å². The summed E-state index contributed by atoms with van der Waals surface area (Å²) in [7, 11) is 1.43. The summed E-state index contributed by atoms with van der Waals surface area (Å²) in [6, 6.07) is 2.52. The zero-order valence-corrected chi connectivity index (χ0v) is 11.4. The molecular formula is C14H13F4NO2. The first-order valence-corrected chi connectivity index (χ1v) is 6.15. The Labute approximate surface area is 118 Å². The van der Waals surface area contributed by atoms with Gasteiger partial charge in [-0.15, -0.1) is 0 Å². The summed E-state index contributed by atoms with van der Waals surface area (Å²) in [6.45, 7) is 1.88. The number of carbonyl (C=O) groups excluding carboxylic acids is 1. The number of hydrogen-bond donors (Lipinski definition) is 0. The van der Waals surface area contributed by atoms with E-state index >= 15 is 0 Å². The van der Waals surface area contributed by atoms with Crippen molar-refractivity contribution in [3.8, 4) is 0 Å². The highest BCUT2D eigenvalue weighted by Crippen LogP contribution is 2.32. The maximum atomic E-state index is 14.0. The van der Waals surface area contributed by atoms with Crippen molar-refractivity contribution in [1.29, 1.82) is 0 Å². The maximum absolute atomic E-state index is 14.0. The molecule has 1 aromatic carbocycles. The molecule has 0 spiro atoms. The predicted octanol–water partition coefficient (Wildman–Crippen LogP) is 3.48. The monoisotopic (exact) mass is 303 g/mol. The molecule has 0 saturated heterocycles. The van der Waals surface area contributed by atoms with E-state index in [1.807, 2.05) is 0 Å². The number of Topliss-reactive ketones (excluding diaryl/α,β-unsaturated/α-hetero) is 1. The van der Waals surface area contributed by atoms with Gasteiger partial charge in [-0.3, -0.25) is 4.79 Å². The molecule has 7 heteroatoms. The molecular weight excluding hydrogens is 290 g/mol. The lowest BCUT2D eigenvalue weighted by Crippen LogP contribution is -2.22. The highest BCUT2D eigenvalue weighted by atomic mass is 19.4. The fourth-order valence-corrected chi connectivity index (χ4v) is 2.26. The third-order valence-corrected chi connectivity index (χ3v) is 3.22. The fraction of sp³-hybridized carbons (Fsp3) is 0.357. The van der Waals surface area contributed by atoms with Gasteiger partial charge in [0.25, 0.3) is 5.78 Å². The molecule has 114 valence electrons. The second kappa shape index (κ2) is 5.48. The van der Waals surface area contributed by atoms with Crippen molar-refractivity contribution in [3.05, 3.63) is 35.3 Å². The minimum atomic E-state index is -5.00. The number of methoxy groups -OCH3 is 1. The largest absolute Gasteiger partial charge is 0.454 e. The average molecular weight is 303 g/mol. The summed E-state index contributed by atoms with van der Waals surface area (Å²) in [4.78, 5) is 11.5. The number of ether oxygens (including phenoxy) is 1. The van der Waals surface area contributed by atoms with Gasteiger partial charge in [-0.2, -0.15) is 13.2 Å². The molecule has 1 aromatic heterocycles. The Morgan fingerprint density at radius 1 is 1.33 bits per heavy atom. The van der Waals surface area contributed by atoms with E-state index in [9.17, 15) is 22.4 Å². The number of aromatic nitrogens is 1. The molecule has 0 saturated carbocycles. The van der Waals surface area contributed by atoms with Crippen LogP contribution in [-0.4, -0.2) is 30.2 Å². The first-order chi connectivity index (χ1) is 9.77. The lowest BCUT2D eigenvalue weighted by molar-refractivity contribution is -0.0884. The van der Waals surface area contributed by atoms with Crippen LogP contribution in [0.5, 0.6) is 0 Å². The summed E-state index contributed by atoms with van der Waals surface area (Å²) in [5.41, 5.74) is -0.139. The fourth-order valence-electron chi connectivity index (χ4n) is 2.26. The predicted molar refractivity (Wildman–Crippen MR) is 68.9 cm³/mol. The number of nitrogens with zero attached hydrogens (tertiary/aromatic N) is 1. The van der Waals surface area contributed by atoms with Gasteiger partial charge in [-0.05, 0) is 18.6 Å². The lowest BCUT2D eigenvalue weighted by Gasteiger charge is -2.06. The van der Waals surface area contributed by atoms with E-state index in [-0.39, 0.29) is 24.1 Å². The number of rotatable bonds is 4. The van der Waals surface area contributed by atoms with Crippen molar-refractivity contribution in [3.63, 3.8) is 0 Å². The van der Waals surface area contributed by atoms with E-state index in [2.05, 4.69) is 0 Å². The molecule has 0 radical (unpaired) electrons. The Bertz CT molecular complexity index is 688. The SMILES string of the molecule is COCCn1cc(C(=O)C(F)(F)F)c2c(C)ccc(F)c21. The zero-order valence-electron chi connectivity index (χ0n) is 11.4. The Hall–Kier alpha value is -1.89. The van der Waals surface area contributed by atoms with E-state index < -0.39 is 23.3 Å². The molecule has 0 amide bonds. The topological polar surface area (TPSA) is 31.2 Å². The van der Waals surface area contributed by atoms with Crippen molar-refractivity contribution in [2.24, 2.45) is 0 Å². The standard InChI is InChI=1S/C14H13F4NO2/c1-8-3-4-10(15)12-11(8)9(13(20)14(16,17)18)7-19(12)5-6-21-2/h3-4,7H,5-6H2,1-2H3. The maximum Gasteiger partial charge on any atom is 0.454 e. The summed E-state index contributed by atoms with van der Waals surface area (Å²) in [5.74, 6) is -2.65. The van der Waals surface area contributed by atoms with Gasteiger partial charge < -0.3 is 9.30 Å². The summed E-state index contributed by atoms with van der Waals surface area (Å²) < 4.78 is 58.1. The molecule has 21 heavy (non-hydrogen) atoms. The number of alkyl halides is 3. The number of halogens is 4. The Morgan fingerprint density at radius 3 is 2.57 bits per heavy atom. The number of ketones is 1. The van der Waals surface area contributed by atoms with Crippen molar-refractivity contribution >= 4 is 16.7 Å². The number of aryl methyl sites for hydroxylation is 1. The summed E-state index contributed by atoms with van der Waals surface area (Å²) in [5, 5.41) is -0.00609. The first-order valence-electron chi connectivity index (χ1n) is 6.15. The quantitative estimate of drug-likeness (QED) is 0.639. The lowest BCUT2D eigenvalue weighted by atomic mass is 10.0. The van der Waals surface area contributed by atoms with E-state index in [4.69, 9.17) is 4.74 Å². The number of fused-ring (bicyclic) bond motifs is 1. The van der Waals surface area contributed by atoms with Crippen LogP contribution in [0.15, 0.2) is 18.3 Å². The molecule has 2 rings (SSSR count). The molecule has 0 aliphatic carbocycles. The van der Waals surface area contributed by atoms with Gasteiger partial charge in [0, 0.05) is 25.2 Å². The molecule has 0 N–H and O–H groups in total. The van der Waals surface area contributed by atoms with Gasteiger partial charge in [-0.25, -0.2) is 4.39 Å². The van der Waals surface area contributed by atoms with Crippen LogP contribution >= 0.6 is 0 Å². The van der Waals surface area contributed by atoms with Crippen LogP contribution in [0.25, 0.3) is 10.9 Å². The molecule has 0 fully saturated rings. The van der Waals surface area contributed by atoms with Crippen LogP contribution in [0.3, 0.4) is 0 Å². The molecule has 1 heterocycles. The van der Waals surface area contributed by atoms with Crippen LogP contribution in [0.2, 0.25) is 0 Å². The van der Waals surface area contributed by atoms with Crippen molar-refractivity contribution in [1.82, 2.24) is 4.57 Å². The first kappa shape index (κ1) is 15.5. The van der Waals surface area contributed by atoms with Gasteiger partial charge in [0.1, 0.15) is 5.82 Å². The van der Waals surface area contributed by atoms with Crippen LogP contribution in [0.4, 0.5) is 17.6 Å². The molecule has 0 bridgehead atoms. The van der Waals surface area contributed by atoms with E-state index in [1.165, 1.54) is 30.7 Å². The van der Waals surface area contributed by atoms with Crippen LogP contribution < -0.4 is 0 Å². The normalized spacial score (nSPS) is 12.1. The molecule has 0 atom stereocenters. The molecule has 0 unspecified atom stereocenters. The molecule has 3 nitrogen and oxygen atoms in total. The highest BCUT2D eigenvalue weighted by Gasteiger charge is 2.41. The summed E-state index contributed by atoms with van der Waals surface area (Å²) >= 11 is 0. The van der Waals surface area contributed by atoms with Gasteiger partial charge in [-0.1, -0.05) is 6.07 Å². The van der Waals surface area contributed by atoms with Gasteiger partial charge in [0.05, 0.1) is 17.7 Å². The van der Waals surface area contributed by atoms with E-state index in [1.54, 1.807) is 0 Å². The second-order valence-corrected chi connectivity index (χ2v) is 4.64. The highest BCUT2D eigenvalue weighted by molar-refractivity contribution is 6.11. The smallest absolute Gasteiger partial charge is 0.383 e. The minimum absolute atomic E-state index is 0.00609. The third-order valence-electron chi connectivity index (χ3n) is 3.22. The Kier molecular flexibility index (Phi) is 4.04. The van der Waals surface area contributed by atoms with Crippen LogP contribution in [0.1, 0.15) is 15.9 Å². The number of hydrogen-bond acceptors (Lipinski definition) is 2. The minimum Gasteiger partial charge on any atom is -0.383 e. The molecule has 0 aliphatic rings. The van der Waals surface area contributed by atoms with Crippen molar-refractivity contribution in [2.75, 3.05) is 13.7 Å². The van der Waals surface area contributed by atoms with Gasteiger partial charge in [0.2, 0.25) is 0 Å². The average Bonchev–Trinajstić information content (AvgIpc) is 2.79. The van der Waals surface area contributed by atoms with Crippen molar-refractivity contribution < 1.29 is 27.1 Å². The van der Waals surface area contributed by atoms with E-state index in [0.29, 0.717) is 5.56 Å². The second-order valence-electron chi connectivity index (χ2n) is 4.64. The number of benzene rings is 1. The van der Waals surface area contributed by atoms with Crippen LogP contribution in [0, 0.1) is 12.7 Å². The molecule has 2 aromatic rings. The van der Waals surface area contributed by atoms with Crippen molar-refractivity contribution in [2.45, 2.75) is 19.6 Å². The van der Waals surface area contributed by atoms with Crippen LogP contribution in [-0.2, 0) is 11.3 Å². The Morgan fingerprint density at radius 2 is 2.00 bits per heavy atom. The zero-order chi connectivity index (χ0) is 15.8. The number of carbonyl (C=O) groups is 1. The van der Waals surface area contributed by atoms with Gasteiger partial charge >= 0.3 is 6.18 Å².